The van der Waals surface area contributed by atoms with Crippen molar-refractivity contribution in [1.29, 1.82) is 0 Å². The normalized spacial score (nSPS) is 19.2. The Hall–Kier alpha value is -0.610. The number of carbonyl (C=O) groups is 1. The smallest absolute Gasteiger partial charge is 0.326 e. The molecule has 4 nitrogen and oxygen atoms in total. The van der Waals surface area contributed by atoms with E-state index >= 15 is 0 Å². The van der Waals surface area contributed by atoms with Gasteiger partial charge < -0.3 is 15.0 Å². The van der Waals surface area contributed by atoms with E-state index in [0.717, 1.165) is 25.3 Å². The van der Waals surface area contributed by atoms with Crippen LogP contribution in [-0.2, 0) is 9.53 Å². The van der Waals surface area contributed by atoms with Gasteiger partial charge in [0.1, 0.15) is 5.54 Å². The van der Waals surface area contributed by atoms with E-state index in [1.54, 1.807) is 0 Å². The second kappa shape index (κ2) is 8.63. The van der Waals surface area contributed by atoms with Gasteiger partial charge >= 0.3 is 5.97 Å². The van der Waals surface area contributed by atoms with Crippen molar-refractivity contribution in [1.82, 2.24) is 10.2 Å². The zero-order valence-corrected chi connectivity index (χ0v) is 13.7. The van der Waals surface area contributed by atoms with Crippen LogP contribution in [0.4, 0.5) is 0 Å². The van der Waals surface area contributed by atoms with Crippen molar-refractivity contribution in [2.45, 2.75) is 57.9 Å². The Morgan fingerprint density at radius 3 is 2.60 bits per heavy atom. The molecule has 0 heterocycles. The highest BCUT2D eigenvalue weighted by atomic mass is 16.5. The molecule has 0 saturated heterocycles. The molecule has 0 aromatic rings. The summed E-state index contributed by atoms with van der Waals surface area (Å²) in [6.07, 6.45) is 7.41. The summed E-state index contributed by atoms with van der Waals surface area (Å²) < 4.78 is 5.15. The summed E-state index contributed by atoms with van der Waals surface area (Å²) in [5, 5.41) is 3.12. The van der Waals surface area contributed by atoms with Crippen LogP contribution >= 0.6 is 0 Å². The van der Waals surface area contributed by atoms with Gasteiger partial charge in [-0.05, 0) is 66.1 Å². The average molecular weight is 284 g/mol. The maximum Gasteiger partial charge on any atom is 0.326 e. The highest BCUT2D eigenvalue weighted by molar-refractivity contribution is 5.80. The number of hydrogen-bond donors (Lipinski definition) is 1. The van der Waals surface area contributed by atoms with Crippen LogP contribution in [0, 0.1) is 5.92 Å². The Balaban J connectivity index is 2.27. The lowest BCUT2D eigenvalue weighted by atomic mass is 9.96. The molecule has 0 aromatic heterocycles. The Morgan fingerprint density at radius 1 is 1.40 bits per heavy atom. The van der Waals surface area contributed by atoms with E-state index in [0.29, 0.717) is 6.61 Å². The molecule has 0 bridgehead atoms. The molecule has 0 spiro atoms. The van der Waals surface area contributed by atoms with Gasteiger partial charge in [-0.1, -0.05) is 12.8 Å². The number of likely N-dealkylation sites (N-methyl/N-ethyl adjacent to an activating group) is 1. The van der Waals surface area contributed by atoms with Gasteiger partial charge in [0.2, 0.25) is 0 Å². The third-order valence-corrected chi connectivity index (χ3v) is 4.54. The highest BCUT2D eigenvalue weighted by Crippen LogP contribution is 2.25. The van der Waals surface area contributed by atoms with Crippen molar-refractivity contribution in [3.8, 4) is 0 Å². The summed E-state index contributed by atoms with van der Waals surface area (Å²) in [6, 6.07) is 0. The molecule has 0 aliphatic heterocycles. The molecule has 1 rings (SSSR count). The molecule has 1 unspecified atom stereocenters. The molecule has 20 heavy (non-hydrogen) atoms. The van der Waals surface area contributed by atoms with Crippen molar-refractivity contribution in [3.05, 3.63) is 0 Å². The van der Waals surface area contributed by atoms with Crippen molar-refractivity contribution < 1.29 is 9.53 Å². The Labute approximate surface area is 124 Å². The van der Waals surface area contributed by atoms with Crippen LogP contribution in [0.2, 0.25) is 0 Å². The number of nitrogens with zero attached hydrogens (tertiary/aromatic N) is 1. The van der Waals surface area contributed by atoms with Crippen molar-refractivity contribution in [2.24, 2.45) is 5.92 Å². The van der Waals surface area contributed by atoms with Crippen LogP contribution in [0.5, 0.6) is 0 Å². The monoisotopic (exact) mass is 284 g/mol. The lowest BCUT2D eigenvalue weighted by Gasteiger charge is -2.28. The Morgan fingerprint density at radius 2 is 2.05 bits per heavy atom. The van der Waals surface area contributed by atoms with Gasteiger partial charge in [0.25, 0.3) is 0 Å². The Bertz CT molecular complexity index is 290. The summed E-state index contributed by atoms with van der Waals surface area (Å²) in [5.74, 6) is 0.752. The number of nitrogens with one attached hydrogen (secondary N) is 1. The minimum Gasteiger partial charge on any atom is -0.465 e. The largest absolute Gasteiger partial charge is 0.465 e. The van der Waals surface area contributed by atoms with Crippen molar-refractivity contribution >= 4 is 5.97 Å². The first-order chi connectivity index (χ1) is 9.51. The number of hydrogen-bond acceptors (Lipinski definition) is 4. The second-order valence-corrected chi connectivity index (χ2v) is 6.32. The third-order valence-electron chi connectivity index (χ3n) is 4.54. The maximum atomic E-state index is 12.0. The van der Waals surface area contributed by atoms with Crippen LogP contribution < -0.4 is 5.32 Å². The van der Waals surface area contributed by atoms with Crippen LogP contribution in [0.25, 0.3) is 0 Å². The SMILES string of the molecule is CCOC(=O)C(C)(CCCN(C)CC1CCCC1)NC. The molecule has 1 aliphatic carbocycles. The summed E-state index contributed by atoms with van der Waals surface area (Å²) in [4.78, 5) is 14.4. The summed E-state index contributed by atoms with van der Waals surface area (Å²) in [5.41, 5.74) is -0.551. The molecule has 1 atom stereocenters. The van der Waals surface area contributed by atoms with Crippen molar-refractivity contribution in [3.63, 3.8) is 0 Å². The lowest BCUT2D eigenvalue weighted by molar-refractivity contribution is -0.150. The minimum absolute atomic E-state index is 0.138. The number of esters is 1. The fraction of sp³-hybridized carbons (Fsp3) is 0.938. The number of ether oxygens (including phenoxy) is 1. The summed E-state index contributed by atoms with van der Waals surface area (Å²) in [6.45, 7) is 6.48. The predicted molar refractivity (Wildman–Crippen MR) is 82.8 cm³/mol. The molecule has 1 N–H and O–H groups in total. The van der Waals surface area contributed by atoms with E-state index in [1.807, 2.05) is 20.9 Å². The predicted octanol–water partition coefficient (Wildman–Crippen LogP) is 2.43. The standard InChI is InChI=1S/C16H32N2O2/c1-5-20-15(19)16(2,17-3)11-8-12-18(4)13-14-9-6-7-10-14/h14,17H,5-13H2,1-4H3. The quantitative estimate of drug-likeness (QED) is 0.660. The first-order valence-electron chi connectivity index (χ1n) is 8.06. The molecular weight excluding hydrogens is 252 g/mol. The van der Waals surface area contributed by atoms with E-state index in [4.69, 9.17) is 4.74 Å². The third kappa shape index (κ3) is 5.41. The highest BCUT2D eigenvalue weighted by Gasteiger charge is 2.32. The van der Waals surface area contributed by atoms with E-state index in [-0.39, 0.29) is 5.97 Å². The van der Waals surface area contributed by atoms with E-state index < -0.39 is 5.54 Å². The molecule has 4 heteroatoms. The van der Waals surface area contributed by atoms with Gasteiger partial charge in [0, 0.05) is 6.54 Å². The average Bonchev–Trinajstić information content (AvgIpc) is 2.91. The Kier molecular flexibility index (Phi) is 7.52. The number of carbonyl (C=O) groups excluding carboxylic acids is 1. The fourth-order valence-electron chi connectivity index (χ4n) is 3.05. The first kappa shape index (κ1) is 17.4. The molecule has 118 valence electrons. The van der Waals surface area contributed by atoms with Gasteiger partial charge in [0.05, 0.1) is 6.61 Å². The van der Waals surface area contributed by atoms with Gasteiger partial charge in [-0.25, -0.2) is 0 Å². The minimum atomic E-state index is -0.551. The molecule has 1 aliphatic rings. The zero-order chi connectivity index (χ0) is 15.0. The van der Waals surface area contributed by atoms with Crippen LogP contribution in [0.15, 0.2) is 0 Å². The van der Waals surface area contributed by atoms with Crippen LogP contribution in [-0.4, -0.2) is 50.2 Å². The second-order valence-electron chi connectivity index (χ2n) is 6.32. The van der Waals surface area contributed by atoms with Gasteiger partial charge in [-0.15, -0.1) is 0 Å². The molecular formula is C16H32N2O2. The molecule has 1 fully saturated rings. The van der Waals surface area contributed by atoms with Gasteiger partial charge in [-0.2, -0.15) is 0 Å². The number of rotatable bonds is 9. The van der Waals surface area contributed by atoms with Gasteiger partial charge in [0.15, 0.2) is 0 Å². The molecule has 0 aromatic carbocycles. The first-order valence-corrected chi connectivity index (χ1v) is 8.06. The summed E-state index contributed by atoms with van der Waals surface area (Å²) in [7, 11) is 4.03. The lowest BCUT2D eigenvalue weighted by Crippen LogP contribution is -2.49. The maximum absolute atomic E-state index is 12.0. The van der Waals surface area contributed by atoms with E-state index in [1.165, 1.54) is 32.2 Å². The summed E-state index contributed by atoms with van der Waals surface area (Å²) >= 11 is 0. The topological polar surface area (TPSA) is 41.6 Å². The zero-order valence-electron chi connectivity index (χ0n) is 13.7. The van der Waals surface area contributed by atoms with Crippen LogP contribution in [0.3, 0.4) is 0 Å². The molecule has 0 radical (unpaired) electrons. The fourth-order valence-corrected chi connectivity index (χ4v) is 3.05. The van der Waals surface area contributed by atoms with Crippen LogP contribution in [0.1, 0.15) is 52.4 Å². The van der Waals surface area contributed by atoms with E-state index in [9.17, 15) is 4.79 Å². The molecule has 1 saturated carbocycles. The van der Waals surface area contributed by atoms with Crippen molar-refractivity contribution in [2.75, 3.05) is 33.8 Å². The van der Waals surface area contributed by atoms with E-state index in [2.05, 4.69) is 17.3 Å². The van der Waals surface area contributed by atoms with Gasteiger partial charge in [-0.3, -0.25) is 4.79 Å². The molecule has 0 amide bonds.